The Kier molecular flexibility index (Phi) is 8.44. The van der Waals surface area contributed by atoms with Gasteiger partial charge in [-0.1, -0.05) is 54.6 Å². The van der Waals surface area contributed by atoms with E-state index in [1.165, 1.54) is 23.5 Å². The van der Waals surface area contributed by atoms with Crippen LogP contribution in [-0.2, 0) is 17.9 Å². The predicted molar refractivity (Wildman–Crippen MR) is 139 cm³/mol. The van der Waals surface area contributed by atoms with Crippen molar-refractivity contribution in [2.45, 2.75) is 19.1 Å². The van der Waals surface area contributed by atoms with E-state index in [2.05, 4.69) is 15.3 Å². The summed E-state index contributed by atoms with van der Waals surface area (Å²) in [5, 5.41) is 3.00. The monoisotopic (exact) mass is 496 g/mol. The number of amides is 2. The average Bonchev–Trinajstić information content (AvgIpc) is 2.97. The minimum absolute atomic E-state index is 0.144. The van der Waals surface area contributed by atoms with E-state index in [1.807, 2.05) is 54.6 Å². The number of rotatable bonds is 10. The van der Waals surface area contributed by atoms with Crippen molar-refractivity contribution in [1.29, 1.82) is 0 Å². The van der Waals surface area contributed by atoms with Gasteiger partial charge in [-0.2, -0.15) is 0 Å². The summed E-state index contributed by atoms with van der Waals surface area (Å²) in [5.74, 6) is 0.608. The summed E-state index contributed by atoms with van der Waals surface area (Å²) >= 11 is 0. The Morgan fingerprint density at radius 3 is 2.08 bits per heavy atom. The van der Waals surface area contributed by atoms with Crippen LogP contribution in [-0.4, -0.2) is 40.9 Å². The van der Waals surface area contributed by atoms with Crippen molar-refractivity contribution in [3.05, 3.63) is 120 Å². The minimum Gasteiger partial charge on any atom is -0.497 e. The molecule has 0 radical (unpaired) electrons. The lowest BCUT2D eigenvalue weighted by Crippen LogP contribution is -2.43. The fourth-order valence-electron chi connectivity index (χ4n) is 3.91. The predicted octanol–water partition coefficient (Wildman–Crippen LogP) is 4.19. The van der Waals surface area contributed by atoms with Gasteiger partial charge in [0.1, 0.15) is 23.2 Å². The zero-order chi connectivity index (χ0) is 26.0. The lowest BCUT2D eigenvalue weighted by molar-refractivity contribution is -0.126. The van der Waals surface area contributed by atoms with Crippen LogP contribution in [0, 0.1) is 0 Å². The highest BCUT2D eigenvalue weighted by Crippen LogP contribution is 2.28. The standard InChI is InChI=1S/C29H28N4O4/c1-36-24-12-8-22(9-13-24)20-33(29(35)26-19-30-16-17-31-26)27(23-10-14-25(37-2)15-11-23)28(34)32-18-21-6-4-3-5-7-21/h3-17,19,27H,18,20H2,1-2H3,(H,32,34)/t27-/m1/s1. The Hall–Kier alpha value is -4.72. The van der Waals surface area contributed by atoms with Crippen molar-refractivity contribution in [3.63, 3.8) is 0 Å². The molecule has 1 atom stereocenters. The Labute approximate surface area is 215 Å². The number of hydrogen-bond donors (Lipinski definition) is 1. The van der Waals surface area contributed by atoms with Gasteiger partial charge < -0.3 is 19.7 Å². The van der Waals surface area contributed by atoms with Gasteiger partial charge in [-0.3, -0.25) is 14.6 Å². The SMILES string of the molecule is COc1ccc(CN(C(=O)c2cnccn2)[C@@H](C(=O)NCc2ccccc2)c2ccc(OC)cc2)cc1. The number of carbonyl (C=O) groups excluding carboxylic acids is 2. The number of nitrogens with zero attached hydrogens (tertiary/aromatic N) is 3. The third-order valence-electron chi connectivity index (χ3n) is 5.86. The molecule has 188 valence electrons. The largest absolute Gasteiger partial charge is 0.497 e. The number of ether oxygens (including phenoxy) is 2. The second-order valence-electron chi connectivity index (χ2n) is 8.25. The van der Waals surface area contributed by atoms with Crippen LogP contribution in [0.2, 0.25) is 0 Å². The summed E-state index contributed by atoms with van der Waals surface area (Å²) in [4.78, 5) is 37.3. The van der Waals surface area contributed by atoms with E-state index in [0.717, 1.165) is 11.1 Å². The Morgan fingerprint density at radius 1 is 0.838 bits per heavy atom. The van der Waals surface area contributed by atoms with Crippen LogP contribution in [0.1, 0.15) is 33.2 Å². The highest BCUT2D eigenvalue weighted by Gasteiger charge is 2.33. The molecule has 0 bridgehead atoms. The van der Waals surface area contributed by atoms with Crippen molar-refractivity contribution in [2.24, 2.45) is 0 Å². The summed E-state index contributed by atoms with van der Waals surface area (Å²) in [6.45, 7) is 0.483. The average molecular weight is 497 g/mol. The summed E-state index contributed by atoms with van der Waals surface area (Å²) in [6, 6.07) is 23.1. The van der Waals surface area contributed by atoms with Gasteiger partial charge in [0.25, 0.3) is 5.91 Å². The molecule has 1 heterocycles. The van der Waals surface area contributed by atoms with E-state index in [1.54, 1.807) is 38.5 Å². The lowest BCUT2D eigenvalue weighted by Gasteiger charge is -2.31. The van der Waals surface area contributed by atoms with E-state index >= 15 is 0 Å². The highest BCUT2D eigenvalue weighted by atomic mass is 16.5. The zero-order valence-corrected chi connectivity index (χ0v) is 20.7. The molecule has 0 aliphatic carbocycles. The molecular formula is C29H28N4O4. The topological polar surface area (TPSA) is 93.7 Å². The van der Waals surface area contributed by atoms with Gasteiger partial charge in [0.05, 0.1) is 20.4 Å². The van der Waals surface area contributed by atoms with Gasteiger partial charge in [0.2, 0.25) is 5.91 Å². The van der Waals surface area contributed by atoms with Crippen LogP contribution in [0.15, 0.2) is 97.5 Å². The van der Waals surface area contributed by atoms with E-state index in [9.17, 15) is 9.59 Å². The number of nitrogens with one attached hydrogen (secondary N) is 1. The van der Waals surface area contributed by atoms with Crippen LogP contribution < -0.4 is 14.8 Å². The van der Waals surface area contributed by atoms with Crippen LogP contribution in [0.4, 0.5) is 0 Å². The lowest BCUT2D eigenvalue weighted by atomic mass is 10.0. The molecule has 0 aliphatic rings. The van der Waals surface area contributed by atoms with Crippen molar-refractivity contribution in [2.75, 3.05) is 14.2 Å². The van der Waals surface area contributed by atoms with Crippen LogP contribution in [0.25, 0.3) is 0 Å². The first kappa shape index (κ1) is 25.4. The first-order chi connectivity index (χ1) is 18.1. The molecule has 0 unspecified atom stereocenters. The molecule has 0 aliphatic heterocycles. The molecule has 0 spiro atoms. The van der Waals surface area contributed by atoms with Crippen molar-refractivity contribution >= 4 is 11.8 Å². The summed E-state index contributed by atoms with van der Waals surface area (Å²) in [7, 11) is 3.17. The maximum Gasteiger partial charge on any atom is 0.275 e. The summed E-state index contributed by atoms with van der Waals surface area (Å²) in [5.41, 5.74) is 2.56. The van der Waals surface area contributed by atoms with Gasteiger partial charge in [0.15, 0.2) is 0 Å². The molecule has 4 rings (SSSR count). The van der Waals surface area contributed by atoms with Gasteiger partial charge in [-0.25, -0.2) is 4.98 Å². The summed E-state index contributed by atoms with van der Waals surface area (Å²) < 4.78 is 10.6. The molecule has 37 heavy (non-hydrogen) atoms. The number of carbonyl (C=O) groups is 2. The molecule has 8 heteroatoms. The fourth-order valence-corrected chi connectivity index (χ4v) is 3.91. The number of benzene rings is 3. The van der Waals surface area contributed by atoms with E-state index in [0.29, 0.717) is 23.6 Å². The number of aromatic nitrogens is 2. The smallest absolute Gasteiger partial charge is 0.275 e. The zero-order valence-electron chi connectivity index (χ0n) is 20.7. The van der Waals surface area contributed by atoms with E-state index in [-0.39, 0.29) is 18.1 Å². The van der Waals surface area contributed by atoms with Crippen molar-refractivity contribution in [3.8, 4) is 11.5 Å². The molecular weight excluding hydrogens is 468 g/mol. The maximum absolute atomic E-state index is 13.8. The molecule has 8 nitrogen and oxygen atoms in total. The molecule has 3 aromatic carbocycles. The Morgan fingerprint density at radius 2 is 1.49 bits per heavy atom. The number of hydrogen-bond acceptors (Lipinski definition) is 6. The Balaban J connectivity index is 1.73. The van der Waals surface area contributed by atoms with Crippen LogP contribution >= 0.6 is 0 Å². The Bertz CT molecular complexity index is 1300. The van der Waals surface area contributed by atoms with E-state index in [4.69, 9.17) is 9.47 Å². The molecule has 4 aromatic rings. The molecule has 0 saturated carbocycles. The van der Waals surface area contributed by atoms with Gasteiger partial charge >= 0.3 is 0 Å². The third-order valence-corrected chi connectivity index (χ3v) is 5.86. The molecule has 1 aromatic heterocycles. The van der Waals surface area contributed by atoms with Crippen molar-refractivity contribution < 1.29 is 19.1 Å². The second kappa shape index (κ2) is 12.3. The number of methoxy groups -OCH3 is 2. The molecule has 2 amide bonds. The quantitative estimate of drug-likeness (QED) is 0.354. The first-order valence-electron chi connectivity index (χ1n) is 11.7. The maximum atomic E-state index is 13.8. The van der Waals surface area contributed by atoms with Gasteiger partial charge in [-0.15, -0.1) is 0 Å². The van der Waals surface area contributed by atoms with Crippen molar-refractivity contribution in [1.82, 2.24) is 20.2 Å². The minimum atomic E-state index is -0.939. The molecule has 0 saturated heterocycles. The van der Waals surface area contributed by atoms with Crippen LogP contribution in [0.5, 0.6) is 11.5 Å². The highest BCUT2D eigenvalue weighted by molar-refractivity contribution is 5.96. The normalized spacial score (nSPS) is 11.3. The molecule has 1 N–H and O–H groups in total. The molecule has 0 fully saturated rings. The first-order valence-corrected chi connectivity index (χ1v) is 11.7. The van der Waals surface area contributed by atoms with Gasteiger partial charge in [-0.05, 0) is 41.0 Å². The van der Waals surface area contributed by atoms with E-state index < -0.39 is 11.9 Å². The second-order valence-corrected chi connectivity index (χ2v) is 8.25. The van der Waals surface area contributed by atoms with Crippen LogP contribution in [0.3, 0.4) is 0 Å². The third kappa shape index (κ3) is 6.49. The summed E-state index contributed by atoms with van der Waals surface area (Å²) in [6.07, 6.45) is 4.35. The van der Waals surface area contributed by atoms with Gasteiger partial charge in [0, 0.05) is 25.5 Å². The fraction of sp³-hybridized carbons (Fsp3) is 0.172.